The Bertz CT molecular complexity index is 1110. The molecular formula is C22H30ClF2N5O3S. The Kier molecular flexibility index (Phi) is 8.33. The van der Waals surface area contributed by atoms with Crippen LogP contribution in [0.5, 0.6) is 0 Å². The Labute approximate surface area is 204 Å². The topological polar surface area (TPSA) is 87.5 Å². The molecule has 2 heterocycles. The highest BCUT2D eigenvalue weighted by Gasteiger charge is 2.41. The first-order valence-corrected chi connectivity index (χ1v) is 12.6. The van der Waals surface area contributed by atoms with E-state index in [0.29, 0.717) is 38.8 Å². The molecule has 0 atom stereocenters. The molecular weight excluding hydrogens is 488 g/mol. The number of carbonyl (C=O) groups is 1. The molecule has 4 rings (SSSR count). The summed E-state index contributed by atoms with van der Waals surface area (Å²) in [6.07, 6.45) is 7.82. The lowest BCUT2D eigenvalue weighted by Crippen LogP contribution is -2.62. The molecule has 188 valence electrons. The highest BCUT2D eigenvalue weighted by atomic mass is 35.5. The number of sulfonamides is 1. The van der Waals surface area contributed by atoms with Crippen LogP contribution >= 0.6 is 12.4 Å². The summed E-state index contributed by atoms with van der Waals surface area (Å²) in [5.74, 6) is -2.20. The first kappa shape index (κ1) is 26.5. The molecule has 2 fully saturated rings. The summed E-state index contributed by atoms with van der Waals surface area (Å²) in [4.78, 5) is 18.9. The van der Waals surface area contributed by atoms with Crippen molar-refractivity contribution in [1.82, 2.24) is 24.1 Å². The maximum absolute atomic E-state index is 14.0. The van der Waals surface area contributed by atoms with Crippen LogP contribution in [0.25, 0.3) is 0 Å². The Morgan fingerprint density at radius 1 is 1.12 bits per heavy atom. The molecule has 0 bridgehead atoms. The Balaban J connectivity index is 0.00000324. The minimum atomic E-state index is -3.65. The molecule has 1 aromatic carbocycles. The molecule has 12 heteroatoms. The molecule has 1 aromatic heterocycles. The van der Waals surface area contributed by atoms with Gasteiger partial charge in [0.15, 0.2) is 5.03 Å². The molecule has 1 N–H and O–H groups in total. The largest absolute Gasteiger partial charge is 0.350 e. The van der Waals surface area contributed by atoms with Gasteiger partial charge < -0.3 is 9.88 Å². The third kappa shape index (κ3) is 5.42. The van der Waals surface area contributed by atoms with E-state index < -0.39 is 27.6 Å². The van der Waals surface area contributed by atoms with Crippen molar-refractivity contribution in [3.8, 4) is 0 Å². The van der Waals surface area contributed by atoms with Gasteiger partial charge in [0, 0.05) is 57.6 Å². The van der Waals surface area contributed by atoms with Crippen molar-refractivity contribution in [3.05, 3.63) is 47.9 Å². The fourth-order valence-electron chi connectivity index (χ4n) is 4.89. The molecule has 2 aliphatic rings. The lowest BCUT2D eigenvalue weighted by Gasteiger charge is -2.49. The number of amides is 1. The van der Waals surface area contributed by atoms with Gasteiger partial charge in [-0.15, -0.1) is 12.4 Å². The van der Waals surface area contributed by atoms with E-state index in [0.717, 1.165) is 44.2 Å². The summed E-state index contributed by atoms with van der Waals surface area (Å²) in [6, 6.07) is 2.91. The van der Waals surface area contributed by atoms with Crippen LogP contribution in [0.3, 0.4) is 0 Å². The normalized spacial score (nSPS) is 19.4. The number of rotatable bonds is 6. The van der Waals surface area contributed by atoms with Crippen LogP contribution in [-0.4, -0.2) is 71.3 Å². The maximum atomic E-state index is 14.0. The highest BCUT2D eigenvalue weighted by molar-refractivity contribution is 7.89. The number of piperazine rings is 1. The Morgan fingerprint density at radius 3 is 2.38 bits per heavy atom. The van der Waals surface area contributed by atoms with Gasteiger partial charge in [-0.3, -0.25) is 9.69 Å². The van der Waals surface area contributed by atoms with Gasteiger partial charge in [-0.2, -0.15) is 4.31 Å². The number of imidazole rings is 1. The van der Waals surface area contributed by atoms with E-state index in [1.807, 2.05) is 0 Å². The van der Waals surface area contributed by atoms with Crippen LogP contribution in [0.1, 0.15) is 42.5 Å². The first-order valence-electron chi connectivity index (χ1n) is 11.2. The van der Waals surface area contributed by atoms with E-state index >= 15 is 0 Å². The van der Waals surface area contributed by atoms with Gasteiger partial charge in [0.25, 0.3) is 15.9 Å². The second-order valence-corrected chi connectivity index (χ2v) is 10.7. The van der Waals surface area contributed by atoms with Gasteiger partial charge in [0.05, 0.1) is 11.9 Å². The summed E-state index contributed by atoms with van der Waals surface area (Å²) >= 11 is 0. The van der Waals surface area contributed by atoms with Crippen molar-refractivity contribution >= 4 is 28.3 Å². The van der Waals surface area contributed by atoms with Gasteiger partial charge in [0.2, 0.25) is 0 Å². The minimum Gasteiger partial charge on any atom is -0.350 e. The molecule has 1 amide bonds. The van der Waals surface area contributed by atoms with Crippen LogP contribution in [-0.2, 0) is 17.1 Å². The first-order chi connectivity index (χ1) is 15.7. The van der Waals surface area contributed by atoms with Crippen molar-refractivity contribution in [2.24, 2.45) is 7.05 Å². The van der Waals surface area contributed by atoms with E-state index in [-0.39, 0.29) is 28.5 Å². The SMILES string of the molecule is Cl.Cn1cnc(S(=O)(=O)N2CCN(C3(CNC(=O)c4ccc(F)cc4F)CCCCC3)CC2)c1. The molecule has 0 spiro atoms. The lowest BCUT2D eigenvalue weighted by atomic mass is 9.79. The number of aromatic nitrogens is 2. The molecule has 0 unspecified atom stereocenters. The van der Waals surface area contributed by atoms with E-state index in [1.54, 1.807) is 11.6 Å². The number of carbonyl (C=O) groups excluding carboxylic acids is 1. The molecule has 1 aliphatic heterocycles. The predicted octanol–water partition coefficient (Wildman–Crippen LogP) is 2.56. The number of nitrogens with zero attached hydrogens (tertiary/aromatic N) is 4. The van der Waals surface area contributed by atoms with Crippen LogP contribution in [0.2, 0.25) is 0 Å². The van der Waals surface area contributed by atoms with Crippen molar-refractivity contribution < 1.29 is 22.0 Å². The standard InChI is InChI=1S/C22H29F2N5O3S.ClH/c1-27-14-20(26-16-27)33(31,32)29-11-9-28(10-12-29)22(7-3-2-4-8-22)15-25-21(30)18-6-5-17(23)13-19(18)24;/h5-6,13-14,16H,2-4,7-12,15H2,1H3,(H,25,30);1H. The van der Waals surface area contributed by atoms with Gasteiger partial charge in [-0.1, -0.05) is 19.3 Å². The fourth-order valence-corrected chi connectivity index (χ4v) is 6.27. The van der Waals surface area contributed by atoms with Crippen LogP contribution in [0.4, 0.5) is 8.78 Å². The number of aryl methyl sites for hydroxylation is 1. The molecule has 1 saturated heterocycles. The average Bonchev–Trinajstić information content (AvgIpc) is 3.25. The van der Waals surface area contributed by atoms with Gasteiger partial charge in [-0.05, 0) is 25.0 Å². The zero-order valence-corrected chi connectivity index (χ0v) is 20.7. The zero-order chi connectivity index (χ0) is 23.6. The van der Waals surface area contributed by atoms with Crippen LogP contribution in [0, 0.1) is 11.6 Å². The van der Waals surface area contributed by atoms with Crippen molar-refractivity contribution in [2.75, 3.05) is 32.7 Å². The van der Waals surface area contributed by atoms with E-state index in [1.165, 1.54) is 16.8 Å². The highest BCUT2D eigenvalue weighted by Crippen LogP contribution is 2.34. The summed E-state index contributed by atoms with van der Waals surface area (Å²) in [5, 5.41) is 2.89. The number of nitrogens with one attached hydrogen (secondary N) is 1. The number of halogens is 3. The summed E-state index contributed by atoms with van der Waals surface area (Å²) in [6.45, 7) is 2.07. The van der Waals surface area contributed by atoms with Gasteiger partial charge in [0.1, 0.15) is 11.6 Å². The van der Waals surface area contributed by atoms with Crippen LogP contribution < -0.4 is 5.32 Å². The molecule has 0 radical (unpaired) electrons. The Hall–Kier alpha value is -2.08. The molecule has 8 nitrogen and oxygen atoms in total. The summed E-state index contributed by atoms with van der Waals surface area (Å²) in [5.41, 5.74) is -0.501. The number of hydrogen-bond acceptors (Lipinski definition) is 5. The van der Waals surface area contributed by atoms with Crippen LogP contribution in [0.15, 0.2) is 35.7 Å². The van der Waals surface area contributed by atoms with E-state index in [9.17, 15) is 22.0 Å². The average molecular weight is 518 g/mol. The molecule has 1 aliphatic carbocycles. The minimum absolute atomic E-state index is 0. The number of benzene rings is 1. The van der Waals surface area contributed by atoms with Gasteiger partial charge in [-0.25, -0.2) is 22.2 Å². The predicted molar refractivity (Wildman–Crippen MR) is 125 cm³/mol. The van der Waals surface area contributed by atoms with Gasteiger partial charge >= 0.3 is 0 Å². The smallest absolute Gasteiger partial charge is 0.262 e. The second kappa shape index (κ2) is 10.7. The summed E-state index contributed by atoms with van der Waals surface area (Å²) < 4.78 is 56.1. The van der Waals surface area contributed by atoms with Crippen molar-refractivity contribution in [3.63, 3.8) is 0 Å². The van der Waals surface area contributed by atoms with E-state index in [2.05, 4.69) is 15.2 Å². The fraction of sp³-hybridized carbons (Fsp3) is 0.545. The molecule has 1 saturated carbocycles. The third-order valence-corrected chi connectivity index (χ3v) is 8.52. The quantitative estimate of drug-likeness (QED) is 0.636. The lowest BCUT2D eigenvalue weighted by molar-refractivity contribution is 0.0239. The monoisotopic (exact) mass is 517 g/mol. The second-order valence-electron chi connectivity index (χ2n) is 8.86. The zero-order valence-electron chi connectivity index (χ0n) is 19.0. The summed E-state index contributed by atoms with van der Waals surface area (Å²) in [7, 11) is -1.93. The Morgan fingerprint density at radius 2 is 1.79 bits per heavy atom. The van der Waals surface area contributed by atoms with E-state index in [4.69, 9.17) is 0 Å². The van der Waals surface area contributed by atoms with Crippen molar-refractivity contribution in [2.45, 2.75) is 42.7 Å². The molecule has 2 aromatic rings. The molecule has 34 heavy (non-hydrogen) atoms. The third-order valence-electron chi connectivity index (χ3n) is 6.73. The maximum Gasteiger partial charge on any atom is 0.262 e. The number of hydrogen-bond donors (Lipinski definition) is 1. The van der Waals surface area contributed by atoms with Crippen molar-refractivity contribution in [1.29, 1.82) is 0 Å².